The van der Waals surface area contributed by atoms with Crippen LogP contribution in [0, 0.1) is 0 Å². The molecule has 2 heterocycles. The van der Waals surface area contributed by atoms with E-state index >= 15 is 0 Å². The normalized spacial score (nSPS) is 20.2. The zero-order chi connectivity index (χ0) is 21.9. The monoisotopic (exact) mass is 434 g/mol. The highest BCUT2D eigenvalue weighted by atomic mass is 19.4. The van der Waals surface area contributed by atoms with Gasteiger partial charge in [0.05, 0.1) is 11.7 Å². The first-order valence-electron chi connectivity index (χ1n) is 9.42. The SMILES string of the molecule is OC1CCC(Nc2nc(CCc3cnccc3C(F)(F)F)ncc2C(F)(F)F)CC1. The average Bonchev–Trinajstić information content (AvgIpc) is 2.67. The Morgan fingerprint density at radius 1 is 0.933 bits per heavy atom. The number of anilines is 1. The number of nitrogens with one attached hydrogen (secondary N) is 1. The summed E-state index contributed by atoms with van der Waals surface area (Å²) in [6, 6.07) is 0.570. The Morgan fingerprint density at radius 3 is 2.23 bits per heavy atom. The van der Waals surface area contributed by atoms with Crippen molar-refractivity contribution in [2.24, 2.45) is 0 Å². The first kappa shape index (κ1) is 22.3. The lowest BCUT2D eigenvalue weighted by Gasteiger charge is -2.27. The van der Waals surface area contributed by atoms with E-state index in [1.807, 2.05) is 0 Å². The molecule has 2 N–H and O–H groups in total. The topological polar surface area (TPSA) is 70.9 Å². The van der Waals surface area contributed by atoms with Gasteiger partial charge in [0.25, 0.3) is 0 Å². The minimum atomic E-state index is -4.68. The molecule has 0 saturated heterocycles. The fraction of sp³-hybridized carbons (Fsp3) is 0.526. The molecule has 164 valence electrons. The zero-order valence-electron chi connectivity index (χ0n) is 15.8. The lowest BCUT2D eigenvalue weighted by Crippen LogP contribution is -2.30. The fourth-order valence-corrected chi connectivity index (χ4v) is 3.42. The summed E-state index contributed by atoms with van der Waals surface area (Å²) < 4.78 is 79.3. The maximum atomic E-state index is 13.3. The summed E-state index contributed by atoms with van der Waals surface area (Å²) >= 11 is 0. The van der Waals surface area contributed by atoms with Gasteiger partial charge in [0.2, 0.25) is 0 Å². The Hall–Kier alpha value is -2.43. The van der Waals surface area contributed by atoms with Gasteiger partial charge in [0.15, 0.2) is 0 Å². The Morgan fingerprint density at radius 2 is 1.60 bits per heavy atom. The van der Waals surface area contributed by atoms with Crippen LogP contribution in [0.2, 0.25) is 0 Å². The Balaban J connectivity index is 1.80. The van der Waals surface area contributed by atoms with Crippen LogP contribution < -0.4 is 5.32 Å². The standard InChI is InChI=1S/C19H20F6N4O/c20-18(21,22)14-7-8-26-9-11(14)1-6-16-27-10-15(19(23,24)25)17(29-16)28-12-2-4-13(30)5-3-12/h7-10,12-13,30H,1-6H2,(H,27,28,29). The molecule has 1 aliphatic rings. The van der Waals surface area contributed by atoms with Crippen LogP contribution in [-0.4, -0.2) is 32.2 Å². The van der Waals surface area contributed by atoms with Gasteiger partial charge in [-0.2, -0.15) is 26.3 Å². The summed E-state index contributed by atoms with van der Waals surface area (Å²) in [6.45, 7) is 0. The van der Waals surface area contributed by atoms with E-state index in [2.05, 4.69) is 20.3 Å². The molecule has 1 saturated carbocycles. The van der Waals surface area contributed by atoms with Crippen LogP contribution in [0.3, 0.4) is 0 Å². The molecule has 0 unspecified atom stereocenters. The van der Waals surface area contributed by atoms with E-state index in [1.165, 1.54) is 0 Å². The summed E-state index contributed by atoms with van der Waals surface area (Å²) in [5.41, 5.74) is -1.96. The van der Waals surface area contributed by atoms with E-state index in [9.17, 15) is 31.4 Å². The van der Waals surface area contributed by atoms with Crippen LogP contribution >= 0.6 is 0 Å². The third kappa shape index (κ3) is 5.59. The van der Waals surface area contributed by atoms with Crippen molar-refractivity contribution in [2.45, 2.75) is 63.0 Å². The number of alkyl halides is 6. The zero-order valence-corrected chi connectivity index (χ0v) is 15.8. The van der Waals surface area contributed by atoms with Crippen molar-refractivity contribution in [1.82, 2.24) is 15.0 Å². The molecular formula is C19H20F6N4O. The summed E-state index contributed by atoms with van der Waals surface area (Å²) in [6.07, 6.45) is -5.22. The first-order chi connectivity index (χ1) is 14.0. The number of aryl methyl sites for hydroxylation is 2. The molecule has 0 aliphatic heterocycles. The molecule has 1 aliphatic carbocycles. The number of rotatable bonds is 5. The van der Waals surface area contributed by atoms with Gasteiger partial charge >= 0.3 is 12.4 Å². The highest BCUT2D eigenvalue weighted by molar-refractivity contribution is 5.46. The predicted molar refractivity (Wildman–Crippen MR) is 95.6 cm³/mol. The molecule has 5 nitrogen and oxygen atoms in total. The largest absolute Gasteiger partial charge is 0.421 e. The van der Waals surface area contributed by atoms with Crippen molar-refractivity contribution >= 4 is 5.82 Å². The van der Waals surface area contributed by atoms with E-state index in [4.69, 9.17) is 0 Å². The molecule has 2 aromatic rings. The maximum absolute atomic E-state index is 13.3. The Kier molecular flexibility index (Phi) is 6.49. The summed E-state index contributed by atoms with van der Waals surface area (Å²) in [5.74, 6) is -0.394. The summed E-state index contributed by atoms with van der Waals surface area (Å²) in [4.78, 5) is 11.4. The van der Waals surface area contributed by atoms with Gasteiger partial charge < -0.3 is 10.4 Å². The number of hydrogen-bond donors (Lipinski definition) is 2. The second kappa shape index (κ2) is 8.75. The molecule has 3 rings (SSSR count). The van der Waals surface area contributed by atoms with Gasteiger partial charge in [-0.25, -0.2) is 9.97 Å². The first-order valence-corrected chi connectivity index (χ1v) is 9.42. The minimum Gasteiger partial charge on any atom is -0.393 e. The van der Waals surface area contributed by atoms with E-state index in [-0.39, 0.29) is 30.3 Å². The molecule has 2 aromatic heterocycles. The lowest BCUT2D eigenvalue weighted by molar-refractivity contribution is -0.138. The van der Waals surface area contributed by atoms with Crippen molar-refractivity contribution in [3.63, 3.8) is 0 Å². The molecule has 0 radical (unpaired) electrons. The van der Waals surface area contributed by atoms with Gasteiger partial charge in [0.1, 0.15) is 17.2 Å². The second-order valence-corrected chi connectivity index (χ2v) is 7.23. The maximum Gasteiger partial charge on any atom is 0.421 e. The third-order valence-electron chi connectivity index (χ3n) is 5.01. The van der Waals surface area contributed by atoms with Gasteiger partial charge in [0, 0.05) is 31.1 Å². The van der Waals surface area contributed by atoms with E-state index in [1.54, 1.807) is 0 Å². The molecule has 0 amide bonds. The van der Waals surface area contributed by atoms with Crippen molar-refractivity contribution < 1.29 is 31.4 Å². The van der Waals surface area contributed by atoms with E-state index in [0.717, 1.165) is 18.5 Å². The predicted octanol–water partition coefficient (Wildman–Crippen LogP) is 4.41. The average molecular weight is 434 g/mol. The van der Waals surface area contributed by atoms with Gasteiger partial charge in [-0.05, 0) is 43.7 Å². The molecular weight excluding hydrogens is 414 g/mol. The molecule has 11 heteroatoms. The van der Waals surface area contributed by atoms with Crippen LogP contribution in [0.25, 0.3) is 0 Å². The fourth-order valence-electron chi connectivity index (χ4n) is 3.42. The van der Waals surface area contributed by atoms with E-state index in [0.29, 0.717) is 31.9 Å². The molecule has 0 spiro atoms. The number of aromatic nitrogens is 3. The van der Waals surface area contributed by atoms with Crippen LogP contribution in [0.1, 0.15) is 48.2 Å². The van der Waals surface area contributed by atoms with Crippen LogP contribution in [0.15, 0.2) is 24.7 Å². The number of nitrogens with zero attached hydrogens (tertiary/aromatic N) is 3. The number of hydrogen-bond acceptors (Lipinski definition) is 5. The smallest absolute Gasteiger partial charge is 0.393 e. The Labute approximate surface area is 168 Å². The summed E-state index contributed by atoms with van der Waals surface area (Å²) in [5, 5.41) is 12.3. The molecule has 30 heavy (non-hydrogen) atoms. The number of pyridine rings is 1. The summed E-state index contributed by atoms with van der Waals surface area (Å²) in [7, 11) is 0. The minimum absolute atomic E-state index is 0.00155. The molecule has 0 atom stereocenters. The highest BCUT2D eigenvalue weighted by Crippen LogP contribution is 2.35. The van der Waals surface area contributed by atoms with Crippen LogP contribution in [0.4, 0.5) is 32.2 Å². The van der Waals surface area contributed by atoms with Crippen LogP contribution in [0.5, 0.6) is 0 Å². The molecule has 1 fully saturated rings. The number of halogens is 6. The molecule has 0 bridgehead atoms. The highest BCUT2D eigenvalue weighted by Gasteiger charge is 2.36. The van der Waals surface area contributed by atoms with Crippen molar-refractivity contribution in [2.75, 3.05) is 5.32 Å². The van der Waals surface area contributed by atoms with Gasteiger partial charge in [-0.3, -0.25) is 4.98 Å². The number of aliphatic hydroxyl groups excluding tert-OH is 1. The van der Waals surface area contributed by atoms with E-state index < -0.39 is 35.4 Å². The van der Waals surface area contributed by atoms with Gasteiger partial charge in [-0.1, -0.05) is 0 Å². The quantitative estimate of drug-likeness (QED) is 0.683. The second-order valence-electron chi connectivity index (χ2n) is 7.23. The van der Waals surface area contributed by atoms with Crippen molar-refractivity contribution in [1.29, 1.82) is 0 Å². The lowest BCUT2D eigenvalue weighted by atomic mass is 9.93. The van der Waals surface area contributed by atoms with Crippen LogP contribution in [-0.2, 0) is 25.2 Å². The molecule has 0 aromatic carbocycles. The Bertz CT molecular complexity index is 863. The number of aliphatic hydroxyl groups is 1. The van der Waals surface area contributed by atoms with Crippen molar-refractivity contribution in [3.05, 3.63) is 47.2 Å². The van der Waals surface area contributed by atoms with Gasteiger partial charge in [-0.15, -0.1) is 0 Å². The van der Waals surface area contributed by atoms with Crippen molar-refractivity contribution in [3.8, 4) is 0 Å². The third-order valence-corrected chi connectivity index (χ3v) is 5.01.